The Kier molecular flexibility index (Phi) is 4.29. The molecule has 0 aliphatic heterocycles. The summed E-state index contributed by atoms with van der Waals surface area (Å²) >= 11 is 5.02. The van der Waals surface area contributed by atoms with Crippen molar-refractivity contribution in [3.05, 3.63) is 58.4 Å². The second-order valence-electron chi connectivity index (χ2n) is 4.05. The number of hydrogen-bond acceptors (Lipinski definition) is 4. The fraction of sp³-hybridized carbons (Fsp3) is 0. The van der Waals surface area contributed by atoms with Gasteiger partial charge < -0.3 is 15.7 Å². The third-order valence-corrected chi connectivity index (χ3v) is 2.73. The van der Waals surface area contributed by atoms with E-state index in [4.69, 9.17) is 12.2 Å². The van der Waals surface area contributed by atoms with Gasteiger partial charge in [-0.25, -0.2) is 4.39 Å². The third-order valence-electron chi connectivity index (χ3n) is 2.52. The number of nitrogens with zero attached hydrogens (tertiary/aromatic N) is 1. The zero-order chi connectivity index (χ0) is 15.4. The van der Waals surface area contributed by atoms with Crippen molar-refractivity contribution in [2.75, 3.05) is 10.6 Å². The maximum atomic E-state index is 12.9. The van der Waals surface area contributed by atoms with E-state index in [1.807, 2.05) is 0 Å². The largest absolute Gasteiger partial charge is 0.506 e. The molecular weight excluding hydrogens is 297 g/mol. The van der Waals surface area contributed by atoms with Crippen LogP contribution in [0.5, 0.6) is 5.75 Å². The molecule has 0 heterocycles. The summed E-state index contributed by atoms with van der Waals surface area (Å²) in [5.41, 5.74) is 0.565. The van der Waals surface area contributed by atoms with E-state index in [1.54, 1.807) is 6.07 Å². The first kappa shape index (κ1) is 14.7. The summed E-state index contributed by atoms with van der Waals surface area (Å²) in [5.74, 6) is -0.867. The van der Waals surface area contributed by atoms with Crippen LogP contribution in [0.1, 0.15) is 0 Å². The Bertz CT molecular complexity index is 709. The molecule has 21 heavy (non-hydrogen) atoms. The van der Waals surface area contributed by atoms with E-state index in [9.17, 15) is 19.6 Å². The Morgan fingerprint density at radius 3 is 2.67 bits per heavy atom. The first-order valence-corrected chi connectivity index (χ1v) is 6.17. The minimum Gasteiger partial charge on any atom is -0.506 e. The molecule has 0 aromatic heterocycles. The number of halogens is 1. The maximum absolute atomic E-state index is 12.9. The normalized spacial score (nSPS) is 9.95. The summed E-state index contributed by atoms with van der Waals surface area (Å²) in [6.45, 7) is 0. The van der Waals surface area contributed by atoms with Gasteiger partial charge in [0.2, 0.25) is 0 Å². The van der Waals surface area contributed by atoms with E-state index in [0.717, 1.165) is 12.1 Å². The van der Waals surface area contributed by atoms with Crippen molar-refractivity contribution in [2.45, 2.75) is 0 Å². The van der Waals surface area contributed by atoms with Crippen LogP contribution in [-0.4, -0.2) is 15.1 Å². The standard InChI is InChI=1S/C13H10FN3O3S/c14-8-4-5-11(12(18)6-8)16-13(21)15-9-2-1-3-10(7-9)17(19)20/h1-7,18H,(H2,15,16,21). The lowest BCUT2D eigenvalue weighted by atomic mass is 10.3. The molecule has 0 spiro atoms. The minimum absolute atomic E-state index is 0.0765. The van der Waals surface area contributed by atoms with E-state index in [2.05, 4.69) is 10.6 Å². The van der Waals surface area contributed by atoms with Crippen LogP contribution in [0.15, 0.2) is 42.5 Å². The second kappa shape index (κ2) is 6.14. The summed E-state index contributed by atoms with van der Waals surface area (Å²) in [6.07, 6.45) is 0. The first-order chi connectivity index (χ1) is 9.95. The molecule has 0 bridgehead atoms. The Morgan fingerprint density at radius 1 is 1.24 bits per heavy atom. The second-order valence-corrected chi connectivity index (χ2v) is 4.46. The number of nitrogens with one attached hydrogen (secondary N) is 2. The molecule has 0 unspecified atom stereocenters. The van der Waals surface area contributed by atoms with Crippen LogP contribution in [0, 0.1) is 15.9 Å². The van der Waals surface area contributed by atoms with E-state index in [1.165, 1.54) is 24.3 Å². The van der Waals surface area contributed by atoms with Crippen molar-refractivity contribution >= 4 is 34.4 Å². The number of phenolic OH excluding ortho intramolecular Hbond substituents is 1. The molecule has 6 nitrogen and oxygen atoms in total. The van der Waals surface area contributed by atoms with Gasteiger partial charge in [0.1, 0.15) is 11.6 Å². The fourth-order valence-electron chi connectivity index (χ4n) is 1.59. The van der Waals surface area contributed by atoms with Gasteiger partial charge in [0.25, 0.3) is 5.69 Å². The van der Waals surface area contributed by atoms with Crippen LogP contribution in [0.2, 0.25) is 0 Å². The highest BCUT2D eigenvalue weighted by Gasteiger charge is 2.08. The van der Waals surface area contributed by atoms with Gasteiger partial charge in [0, 0.05) is 23.9 Å². The quantitative estimate of drug-likeness (QED) is 0.349. The average Bonchev–Trinajstić information content (AvgIpc) is 2.42. The van der Waals surface area contributed by atoms with Crippen molar-refractivity contribution in [1.82, 2.24) is 0 Å². The molecule has 0 aliphatic rings. The zero-order valence-electron chi connectivity index (χ0n) is 10.5. The van der Waals surface area contributed by atoms with Crippen molar-refractivity contribution in [2.24, 2.45) is 0 Å². The van der Waals surface area contributed by atoms with Gasteiger partial charge >= 0.3 is 0 Å². The van der Waals surface area contributed by atoms with Crippen molar-refractivity contribution in [1.29, 1.82) is 0 Å². The number of nitro groups is 1. The number of non-ortho nitro benzene ring substituents is 1. The van der Waals surface area contributed by atoms with Crippen LogP contribution in [0.4, 0.5) is 21.5 Å². The molecule has 0 aliphatic carbocycles. The fourth-order valence-corrected chi connectivity index (χ4v) is 1.82. The molecule has 0 atom stereocenters. The van der Waals surface area contributed by atoms with Crippen molar-refractivity contribution in [3.63, 3.8) is 0 Å². The molecule has 2 rings (SSSR count). The molecule has 3 N–H and O–H groups in total. The molecular formula is C13H10FN3O3S. The van der Waals surface area contributed by atoms with Crippen molar-refractivity contribution < 1.29 is 14.4 Å². The van der Waals surface area contributed by atoms with Crippen LogP contribution in [-0.2, 0) is 0 Å². The van der Waals surface area contributed by atoms with Gasteiger partial charge in [-0.15, -0.1) is 0 Å². The van der Waals surface area contributed by atoms with Crippen LogP contribution >= 0.6 is 12.2 Å². The molecule has 0 fully saturated rings. The minimum atomic E-state index is -0.574. The number of hydrogen-bond donors (Lipinski definition) is 3. The lowest BCUT2D eigenvalue weighted by Gasteiger charge is -2.11. The average molecular weight is 307 g/mol. The molecule has 0 saturated carbocycles. The lowest BCUT2D eigenvalue weighted by molar-refractivity contribution is -0.384. The number of phenols is 1. The Hall–Kier alpha value is -2.74. The van der Waals surface area contributed by atoms with Gasteiger partial charge in [-0.3, -0.25) is 10.1 Å². The summed E-state index contributed by atoms with van der Waals surface area (Å²) in [4.78, 5) is 10.1. The summed E-state index contributed by atoms with van der Waals surface area (Å²) in [7, 11) is 0. The SMILES string of the molecule is O=[N+]([O-])c1cccc(NC(=S)Nc2ccc(F)cc2O)c1. The monoisotopic (exact) mass is 307 g/mol. The predicted molar refractivity (Wildman–Crippen MR) is 81.0 cm³/mol. The smallest absolute Gasteiger partial charge is 0.271 e. The zero-order valence-corrected chi connectivity index (χ0v) is 11.4. The Labute approximate surface area is 124 Å². The number of anilines is 2. The Balaban J connectivity index is 2.08. The summed E-state index contributed by atoms with van der Waals surface area (Å²) < 4.78 is 12.9. The summed E-state index contributed by atoms with van der Waals surface area (Å²) in [5, 5.41) is 25.7. The van der Waals surface area contributed by atoms with Crippen LogP contribution < -0.4 is 10.6 Å². The van der Waals surface area contributed by atoms with Gasteiger partial charge in [-0.1, -0.05) is 6.07 Å². The number of benzene rings is 2. The molecule has 2 aromatic rings. The van der Waals surface area contributed by atoms with Gasteiger partial charge in [0.15, 0.2) is 5.11 Å². The lowest BCUT2D eigenvalue weighted by Crippen LogP contribution is -2.19. The number of aromatic hydroxyl groups is 1. The number of nitro benzene ring substituents is 1. The van der Waals surface area contributed by atoms with E-state index >= 15 is 0 Å². The molecule has 8 heteroatoms. The Morgan fingerprint density at radius 2 is 2.00 bits per heavy atom. The first-order valence-electron chi connectivity index (χ1n) is 5.76. The van der Waals surface area contributed by atoms with Gasteiger partial charge in [-0.05, 0) is 30.4 Å². The highest BCUT2D eigenvalue weighted by atomic mass is 32.1. The molecule has 0 amide bonds. The maximum Gasteiger partial charge on any atom is 0.271 e. The van der Waals surface area contributed by atoms with Gasteiger partial charge in [-0.2, -0.15) is 0 Å². The number of rotatable bonds is 3. The van der Waals surface area contributed by atoms with Crippen LogP contribution in [0.25, 0.3) is 0 Å². The van der Waals surface area contributed by atoms with Crippen LogP contribution in [0.3, 0.4) is 0 Å². The molecule has 0 saturated heterocycles. The highest BCUT2D eigenvalue weighted by Crippen LogP contribution is 2.24. The molecule has 0 radical (unpaired) electrons. The molecule has 2 aromatic carbocycles. The topological polar surface area (TPSA) is 87.4 Å². The van der Waals surface area contributed by atoms with E-state index in [-0.39, 0.29) is 22.2 Å². The van der Waals surface area contributed by atoms with Crippen molar-refractivity contribution in [3.8, 4) is 5.75 Å². The third kappa shape index (κ3) is 3.86. The predicted octanol–water partition coefficient (Wildman–Crippen LogP) is 3.25. The van der Waals surface area contributed by atoms with E-state index < -0.39 is 10.7 Å². The van der Waals surface area contributed by atoms with Gasteiger partial charge in [0.05, 0.1) is 10.6 Å². The summed E-state index contributed by atoms with van der Waals surface area (Å²) in [6, 6.07) is 9.22. The highest BCUT2D eigenvalue weighted by molar-refractivity contribution is 7.80. The number of thiocarbonyl (C=S) groups is 1. The molecule has 108 valence electrons. The van der Waals surface area contributed by atoms with E-state index in [0.29, 0.717) is 5.69 Å².